The van der Waals surface area contributed by atoms with E-state index in [0.717, 1.165) is 5.56 Å². The molecule has 2 atom stereocenters. The van der Waals surface area contributed by atoms with Gasteiger partial charge in [0.15, 0.2) is 0 Å². The number of aliphatic hydroxyl groups is 2. The topological polar surface area (TPSA) is 78.8 Å². The van der Waals surface area contributed by atoms with Crippen molar-refractivity contribution in [1.82, 2.24) is 5.32 Å². The molecule has 118 valence electrons. The number of hydrogen-bond donors (Lipinski definition) is 3. The standard InChI is InChI=1S/C16H25NO4/c1-16(2,11-18)17-13(9-10-14(19)21-3)15(20)12-7-5-4-6-8-12/h4-8,13,15,17-18,20H,9-11H2,1-3H3. The normalized spacial score (nSPS) is 14.5. The van der Waals surface area contributed by atoms with Gasteiger partial charge in [-0.15, -0.1) is 0 Å². The molecule has 0 aliphatic rings. The predicted molar refractivity (Wildman–Crippen MR) is 80.7 cm³/mol. The van der Waals surface area contributed by atoms with Gasteiger partial charge in [-0.05, 0) is 25.8 Å². The second-order valence-corrected chi connectivity index (χ2v) is 5.76. The van der Waals surface area contributed by atoms with Gasteiger partial charge in [-0.25, -0.2) is 0 Å². The minimum absolute atomic E-state index is 0.0662. The van der Waals surface area contributed by atoms with E-state index in [0.29, 0.717) is 6.42 Å². The van der Waals surface area contributed by atoms with Crippen LogP contribution in [0.2, 0.25) is 0 Å². The second-order valence-electron chi connectivity index (χ2n) is 5.76. The molecule has 21 heavy (non-hydrogen) atoms. The van der Waals surface area contributed by atoms with Crippen molar-refractivity contribution in [2.24, 2.45) is 0 Å². The molecule has 0 radical (unpaired) electrons. The zero-order chi connectivity index (χ0) is 15.9. The predicted octanol–water partition coefficient (Wildman–Crippen LogP) is 1.40. The zero-order valence-electron chi connectivity index (χ0n) is 12.9. The quantitative estimate of drug-likeness (QED) is 0.632. The van der Waals surface area contributed by atoms with Crippen molar-refractivity contribution in [1.29, 1.82) is 0 Å². The molecule has 1 rings (SSSR count). The number of rotatable bonds is 8. The molecule has 0 fully saturated rings. The molecular weight excluding hydrogens is 270 g/mol. The van der Waals surface area contributed by atoms with Gasteiger partial charge in [0, 0.05) is 18.0 Å². The number of nitrogens with one attached hydrogen (secondary N) is 1. The molecule has 0 aliphatic heterocycles. The highest BCUT2D eigenvalue weighted by Gasteiger charge is 2.28. The van der Waals surface area contributed by atoms with Crippen LogP contribution in [0.1, 0.15) is 38.4 Å². The molecule has 1 aromatic carbocycles. The van der Waals surface area contributed by atoms with E-state index < -0.39 is 11.6 Å². The summed E-state index contributed by atoms with van der Waals surface area (Å²) in [5, 5.41) is 23.1. The maximum atomic E-state index is 11.3. The number of benzene rings is 1. The molecular formula is C16H25NO4. The molecule has 0 spiro atoms. The van der Waals surface area contributed by atoms with Crippen LogP contribution in [0.3, 0.4) is 0 Å². The molecule has 0 aromatic heterocycles. The van der Waals surface area contributed by atoms with E-state index in [4.69, 9.17) is 0 Å². The lowest BCUT2D eigenvalue weighted by atomic mass is 9.95. The zero-order valence-corrected chi connectivity index (χ0v) is 12.9. The smallest absolute Gasteiger partial charge is 0.305 e. The summed E-state index contributed by atoms with van der Waals surface area (Å²) in [6, 6.07) is 8.91. The highest BCUT2D eigenvalue weighted by atomic mass is 16.5. The number of ether oxygens (including phenoxy) is 1. The van der Waals surface area contributed by atoms with Crippen molar-refractivity contribution in [2.75, 3.05) is 13.7 Å². The van der Waals surface area contributed by atoms with Crippen LogP contribution in [0.4, 0.5) is 0 Å². The lowest BCUT2D eigenvalue weighted by Crippen LogP contribution is -2.50. The van der Waals surface area contributed by atoms with Crippen LogP contribution in [0.5, 0.6) is 0 Å². The first-order valence-corrected chi connectivity index (χ1v) is 7.08. The van der Waals surface area contributed by atoms with Crippen molar-refractivity contribution in [2.45, 2.75) is 44.4 Å². The van der Waals surface area contributed by atoms with Crippen LogP contribution >= 0.6 is 0 Å². The Morgan fingerprint density at radius 2 is 1.95 bits per heavy atom. The summed E-state index contributed by atoms with van der Waals surface area (Å²) in [5.41, 5.74) is 0.227. The molecule has 5 nitrogen and oxygen atoms in total. The minimum atomic E-state index is -0.762. The largest absolute Gasteiger partial charge is 0.469 e. The van der Waals surface area contributed by atoms with Gasteiger partial charge in [0.2, 0.25) is 0 Å². The Hall–Kier alpha value is -1.43. The van der Waals surface area contributed by atoms with Gasteiger partial charge < -0.3 is 20.3 Å². The van der Waals surface area contributed by atoms with Crippen LogP contribution in [-0.4, -0.2) is 41.5 Å². The average molecular weight is 295 g/mol. The summed E-state index contributed by atoms with van der Waals surface area (Å²) >= 11 is 0. The molecule has 2 unspecified atom stereocenters. The fourth-order valence-electron chi connectivity index (χ4n) is 2.11. The van der Waals surface area contributed by atoms with Crippen LogP contribution < -0.4 is 5.32 Å². The van der Waals surface area contributed by atoms with Crippen molar-refractivity contribution < 1.29 is 19.7 Å². The molecule has 0 heterocycles. The van der Waals surface area contributed by atoms with Crippen molar-refractivity contribution in [3.05, 3.63) is 35.9 Å². The fourth-order valence-corrected chi connectivity index (χ4v) is 2.11. The molecule has 3 N–H and O–H groups in total. The Kier molecular flexibility index (Phi) is 6.81. The number of carbonyl (C=O) groups excluding carboxylic acids is 1. The third-order valence-electron chi connectivity index (χ3n) is 3.38. The van der Waals surface area contributed by atoms with Crippen LogP contribution in [-0.2, 0) is 9.53 Å². The van der Waals surface area contributed by atoms with Crippen LogP contribution in [0.25, 0.3) is 0 Å². The van der Waals surface area contributed by atoms with Gasteiger partial charge in [-0.2, -0.15) is 0 Å². The number of esters is 1. The van der Waals surface area contributed by atoms with Crippen molar-refractivity contribution in [3.63, 3.8) is 0 Å². The van der Waals surface area contributed by atoms with Gasteiger partial charge in [-0.1, -0.05) is 30.3 Å². The number of methoxy groups -OCH3 is 1. The summed E-state index contributed by atoms with van der Waals surface area (Å²) in [7, 11) is 1.34. The van der Waals surface area contributed by atoms with Crippen LogP contribution in [0, 0.1) is 0 Å². The van der Waals surface area contributed by atoms with Gasteiger partial charge in [0.25, 0.3) is 0 Å². The Morgan fingerprint density at radius 3 is 2.48 bits per heavy atom. The van der Waals surface area contributed by atoms with E-state index in [1.54, 1.807) is 0 Å². The summed E-state index contributed by atoms with van der Waals surface area (Å²) in [6.07, 6.45) is -0.132. The van der Waals surface area contributed by atoms with E-state index >= 15 is 0 Å². The first kappa shape index (κ1) is 17.6. The van der Waals surface area contributed by atoms with E-state index in [1.165, 1.54) is 7.11 Å². The number of hydrogen-bond acceptors (Lipinski definition) is 5. The van der Waals surface area contributed by atoms with Gasteiger partial charge in [0.1, 0.15) is 0 Å². The van der Waals surface area contributed by atoms with E-state index in [9.17, 15) is 15.0 Å². The van der Waals surface area contributed by atoms with Crippen molar-refractivity contribution >= 4 is 5.97 Å². The van der Waals surface area contributed by atoms with E-state index in [2.05, 4.69) is 10.1 Å². The molecule has 1 aromatic rings. The monoisotopic (exact) mass is 295 g/mol. The van der Waals surface area contributed by atoms with Gasteiger partial charge in [0.05, 0.1) is 19.8 Å². The highest BCUT2D eigenvalue weighted by Crippen LogP contribution is 2.22. The molecule has 0 saturated carbocycles. The SMILES string of the molecule is COC(=O)CCC(NC(C)(C)CO)C(O)c1ccccc1. The highest BCUT2D eigenvalue weighted by molar-refractivity contribution is 5.69. The first-order valence-electron chi connectivity index (χ1n) is 7.08. The molecule has 0 bridgehead atoms. The molecule has 0 amide bonds. The van der Waals surface area contributed by atoms with Crippen molar-refractivity contribution in [3.8, 4) is 0 Å². The Bertz CT molecular complexity index is 433. The maximum absolute atomic E-state index is 11.3. The first-order chi connectivity index (χ1) is 9.89. The van der Waals surface area contributed by atoms with Gasteiger partial charge in [-0.3, -0.25) is 4.79 Å². The minimum Gasteiger partial charge on any atom is -0.469 e. The lowest BCUT2D eigenvalue weighted by molar-refractivity contribution is -0.141. The maximum Gasteiger partial charge on any atom is 0.305 e. The van der Waals surface area contributed by atoms with Crippen LogP contribution in [0.15, 0.2) is 30.3 Å². The Morgan fingerprint density at radius 1 is 1.33 bits per heavy atom. The lowest BCUT2D eigenvalue weighted by Gasteiger charge is -2.33. The molecule has 0 saturated heterocycles. The van der Waals surface area contributed by atoms with Gasteiger partial charge >= 0.3 is 5.97 Å². The third-order valence-corrected chi connectivity index (χ3v) is 3.38. The third kappa shape index (κ3) is 5.83. The second kappa shape index (κ2) is 8.12. The summed E-state index contributed by atoms with van der Waals surface area (Å²) < 4.78 is 4.64. The van der Waals surface area contributed by atoms with E-state index in [-0.39, 0.29) is 25.0 Å². The summed E-state index contributed by atoms with van der Waals surface area (Å²) in [6.45, 7) is 3.62. The summed E-state index contributed by atoms with van der Waals surface area (Å²) in [4.78, 5) is 11.3. The number of aliphatic hydroxyl groups excluding tert-OH is 2. The number of carbonyl (C=O) groups is 1. The van der Waals surface area contributed by atoms with E-state index in [1.807, 2.05) is 44.2 Å². The fraction of sp³-hybridized carbons (Fsp3) is 0.562. The average Bonchev–Trinajstić information content (AvgIpc) is 2.51. The Labute approximate surface area is 125 Å². The summed E-state index contributed by atoms with van der Waals surface area (Å²) in [5.74, 6) is -0.316. The molecule has 0 aliphatic carbocycles. The Balaban J connectivity index is 2.82. The molecule has 5 heteroatoms.